The Morgan fingerprint density at radius 3 is 2.35 bits per heavy atom. The first-order valence-corrected chi connectivity index (χ1v) is 7.34. The van der Waals surface area contributed by atoms with Crippen LogP contribution in [0.5, 0.6) is 11.5 Å². The predicted molar refractivity (Wildman–Crippen MR) is 86.0 cm³/mol. The minimum atomic E-state index is -0.630. The molecule has 1 amide bonds. The van der Waals surface area contributed by atoms with Gasteiger partial charge >= 0.3 is 5.69 Å². The van der Waals surface area contributed by atoms with Gasteiger partial charge in [-0.3, -0.25) is 19.8 Å². The number of rotatable bonds is 8. The molecule has 1 aromatic carbocycles. The summed E-state index contributed by atoms with van der Waals surface area (Å²) in [6.07, 6.45) is -0.255. The van der Waals surface area contributed by atoms with Gasteiger partial charge in [0, 0.05) is 12.1 Å². The summed E-state index contributed by atoms with van der Waals surface area (Å²) in [7, 11) is 2.73. The molecule has 8 heteroatoms. The normalized spacial score (nSPS) is 11.9. The lowest BCUT2D eigenvalue weighted by Crippen LogP contribution is -2.46. The summed E-state index contributed by atoms with van der Waals surface area (Å²) in [6.45, 7) is 7.28. The van der Waals surface area contributed by atoms with Gasteiger partial charge in [0.05, 0.1) is 25.3 Å². The Labute approximate surface area is 135 Å². The van der Waals surface area contributed by atoms with E-state index in [-0.39, 0.29) is 23.2 Å². The quantitative estimate of drug-likeness (QED) is 0.446. The van der Waals surface area contributed by atoms with E-state index < -0.39 is 10.8 Å². The van der Waals surface area contributed by atoms with Gasteiger partial charge in [-0.1, -0.05) is 13.8 Å². The van der Waals surface area contributed by atoms with E-state index in [0.29, 0.717) is 5.75 Å². The van der Waals surface area contributed by atoms with E-state index in [9.17, 15) is 14.9 Å². The molecule has 0 aromatic heterocycles. The van der Waals surface area contributed by atoms with Crippen molar-refractivity contribution in [3.63, 3.8) is 0 Å². The minimum absolute atomic E-state index is 0.0185. The maximum Gasteiger partial charge on any atom is 0.323 e. The van der Waals surface area contributed by atoms with Crippen molar-refractivity contribution in [2.45, 2.75) is 26.9 Å². The van der Waals surface area contributed by atoms with E-state index in [1.807, 2.05) is 25.7 Å². The minimum Gasteiger partial charge on any atom is -0.497 e. The maximum absolute atomic E-state index is 12.5. The molecule has 0 saturated heterocycles. The first-order valence-electron chi connectivity index (χ1n) is 7.34. The van der Waals surface area contributed by atoms with Crippen LogP contribution in [-0.2, 0) is 0 Å². The van der Waals surface area contributed by atoms with Gasteiger partial charge in [-0.25, -0.2) is 0 Å². The fourth-order valence-electron chi connectivity index (χ4n) is 2.35. The fourth-order valence-corrected chi connectivity index (χ4v) is 2.35. The van der Waals surface area contributed by atoms with Gasteiger partial charge in [0.25, 0.3) is 5.91 Å². The third-order valence-electron chi connectivity index (χ3n) is 3.63. The maximum atomic E-state index is 12.5. The second-order valence-electron chi connectivity index (χ2n) is 4.85. The standard InChI is InChI=1S/C15H23N3O5/c1-6-17(7-2)10(3)16-15(19)12-8-11(22-4)9-13(23-5)14(12)18(20)21/h8-10H,6-7H2,1-5H3,(H,16,19). The molecule has 1 atom stereocenters. The fraction of sp³-hybridized carbons (Fsp3) is 0.533. The van der Waals surface area contributed by atoms with Crippen LogP contribution in [0.4, 0.5) is 5.69 Å². The largest absolute Gasteiger partial charge is 0.497 e. The van der Waals surface area contributed by atoms with Crippen LogP contribution < -0.4 is 14.8 Å². The van der Waals surface area contributed by atoms with Crippen LogP contribution in [0.3, 0.4) is 0 Å². The molecular formula is C15H23N3O5. The number of ether oxygens (including phenoxy) is 2. The molecule has 1 N–H and O–H groups in total. The molecule has 0 heterocycles. The number of nitrogens with zero attached hydrogens (tertiary/aromatic N) is 2. The van der Waals surface area contributed by atoms with Crippen LogP contribution in [0.2, 0.25) is 0 Å². The van der Waals surface area contributed by atoms with Crippen LogP contribution in [0, 0.1) is 10.1 Å². The summed E-state index contributed by atoms with van der Waals surface area (Å²) in [4.78, 5) is 25.2. The molecule has 0 saturated carbocycles. The van der Waals surface area contributed by atoms with E-state index >= 15 is 0 Å². The molecule has 0 aliphatic rings. The number of amides is 1. The van der Waals surface area contributed by atoms with E-state index in [2.05, 4.69) is 5.32 Å². The predicted octanol–water partition coefficient (Wildman–Crippen LogP) is 2.03. The number of hydrogen-bond acceptors (Lipinski definition) is 6. The molecule has 0 aliphatic heterocycles. The summed E-state index contributed by atoms with van der Waals surface area (Å²) in [5, 5.41) is 14.1. The monoisotopic (exact) mass is 325 g/mol. The van der Waals surface area contributed by atoms with Gasteiger partial charge in [-0.2, -0.15) is 0 Å². The highest BCUT2D eigenvalue weighted by molar-refractivity contribution is 5.99. The molecule has 1 aromatic rings. The summed E-state index contributed by atoms with van der Waals surface area (Å²) in [6, 6.07) is 2.72. The molecule has 0 bridgehead atoms. The zero-order valence-electron chi connectivity index (χ0n) is 14.1. The van der Waals surface area contributed by atoms with Crippen LogP contribution in [0.15, 0.2) is 12.1 Å². The third-order valence-corrected chi connectivity index (χ3v) is 3.63. The number of carbonyl (C=O) groups is 1. The second-order valence-corrected chi connectivity index (χ2v) is 4.85. The molecule has 23 heavy (non-hydrogen) atoms. The highest BCUT2D eigenvalue weighted by atomic mass is 16.6. The number of carbonyl (C=O) groups excluding carboxylic acids is 1. The van der Waals surface area contributed by atoms with Crippen LogP contribution in [-0.4, -0.2) is 49.2 Å². The van der Waals surface area contributed by atoms with Gasteiger partial charge < -0.3 is 14.8 Å². The number of methoxy groups -OCH3 is 2. The lowest BCUT2D eigenvalue weighted by Gasteiger charge is -2.27. The van der Waals surface area contributed by atoms with Crippen LogP contribution in [0.1, 0.15) is 31.1 Å². The van der Waals surface area contributed by atoms with Gasteiger partial charge in [-0.15, -0.1) is 0 Å². The molecule has 128 valence electrons. The topological polar surface area (TPSA) is 93.9 Å². The molecule has 1 unspecified atom stereocenters. The Balaban J connectivity index is 3.23. The average molecular weight is 325 g/mol. The van der Waals surface area contributed by atoms with E-state index in [1.165, 1.54) is 26.4 Å². The molecule has 8 nitrogen and oxygen atoms in total. The van der Waals surface area contributed by atoms with Crippen molar-refractivity contribution in [3.8, 4) is 11.5 Å². The van der Waals surface area contributed by atoms with Crippen molar-refractivity contribution in [2.24, 2.45) is 0 Å². The zero-order chi connectivity index (χ0) is 17.6. The summed E-state index contributed by atoms with van der Waals surface area (Å²) in [5.74, 6) is -0.253. The number of nitrogens with one attached hydrogen (secondary N) is 1. The summed E-state index contributed by atoms with van der Waals surface area (Å²) < 4.78 is 10.1. The highest BCUT2D eigenvalue weighted by Crippen LogP contribution is 2.35. The van der Waals surface area contributed by atoms with E-state index in [4.69, 9.17) is 9.47 Å². The Kier molecular flexibility index (Phi) is 6.77. The van der Waals surface area contributed by atoms with Crippen LogP contribution >= 0.6 is 0 Å². The average Bonchev–Trinajstić information content (AvgIpc) is 2.54. The molecule has 1 rings (SSSR count). The second kappa shape index (κ2) is 8.33. The van der Waals surface area contributed by atoms with Crippen molar-refractivity contribution >= 4 is 11.6 Å². The Morgan fingerprint density at radius 1 is 1.30 bits per heavy atom. The first kappa shape index (κ1) is 18.7. The van der Waals surface area contributed by atoms with Crippen molar-refractivity contribution in [1.82, 2.24) is 10.2 Å². The van der Waals surface area contributed by atoms with Crippen molar-refractivity contribution < 1.29 is 19.2 Å². The lowest BCUT2D eigenvalue weighted by molar-refractivity contribution is -0.386. The Morgan fingerprint density at radius 2 is 1.91 bits per heavy atom. The lowest BCUT2D eigenvalue weighted by atomic mass is 10.1. The molecule has 0 aliphatic carbocycles. The third kappa shape index (κ3) is 4.32. The number of benzene rings is 1. The Hall–Kier alpha value is -2.35. The zero-order valence-corrected chi connectivity index (χ0v) is 14.1. The van der Waals surface area contributed by atoms with Gasteiger partial charge in [0.15, 0.2) is 0 Å². The van der Waals surface area contributed by atoms with E-state index in [1.54, 1.807) is 0 Å². The SMILES string of the molecule is CCN(CC)C(C)NC(=O)c1cc(OC)cc(OC)c1[N+](=O)[O-]. The molecule has 0 radical (unpaired) electrons. The van der Waals surface area contributed by atoms with E-state index in [0.717, 1.165) is 13.1 Å². The summed E-state index contributed by atoms with van der Waals surface area (Å²) in [5.41, 5.74) is -0.470. The first-order chi connectivity index (χ1) is 10.9. The van der Waals surface area contributed by atoms with Crippen molar-refractivity contribution in [3.05, 3.63) is 27.8 Å². The van der Waals surface area contributed by atoms with Crippen molar-refractivity contribution in [1.29, 1.82) is 0 Å². The van der Waals surface area contributed by atoms with Crippen molar-refractivity contribution in [2.75, 3.05) is 27.3 Å². The van der Waals surface area contributed by atoms with Gasteiger partial charge in [0.1, 0.15) is 11.3 Å². The number of nitro benzene ring substituents is 1. The van der Waals surface area contributed by atoms with Gasteiger partial charge in [-0.05, 0) is 20.0 Å². The molecule has 0 spiro atoms. The molecular weight excluding hydrogens is 302 g/mol. The smallest absolute Gasteiger partial charge is 0.323 e. The number of hydrogen-bond donors (Lipinski definition) is 1. The van der Waals surface area contributed by atoms with Gasteiger partial charge in [0.2, 0.25) is 5.75 Å². The Bertz CT molecular complexity index is 572. The highest BCUT2D eigenvalue weighted by Gasteiger charge is 2.28. The molecule has 0 fully saturated rings. The number of nitro groups is 1. The summed E-state index contributed by atoms with van der Waals surface area (Å²) >= 11 is 0. The van der Waals surface area contributed by atoms with Crippen LogP contribution in [0.25, 0.3) is 0 Å².